The predicted molar refractivity (Wildman–Crippen MR) is 110 cm³/mol. The van der Waals surface area contributed by atoms with Gasteiger partial charge in [0.25, 0.3) is 11.8 Å². The molecule has 0 fully saturated rings. The number of benzene rings is 3. The first-order valence-corrected chi connectivity index (χ1v) is 9.05. The molecule has 4 rings (SSSR count). The number of amides is 2. The second kappa shape index (κ2) is 7.77. The van der Waals surface area contributed by atoms with Crippen molar-refractivity contribution in [2.75, 3.05) is 10.6 Å². The lowest BCUT2D eigenvalue weighted by atomic mass is 10.1. The molecule has 0 atom stereocenters. The van der Waals surface area contributed by atoms with Gasteiger partial charge in [0.05, 0.1) is 5.69 Å². The fourth-order valence-corrected chi connectivity index (χ4v) is 3.08. The molecule has 4 aromatic rings. The Morgan fingerprint density at radius 3 is 2.41 bits per heavy atom. The van der Waals surface area contributed by atoms with Gasteiger partial charge in [-0.05, 0) is 42.5 Å². The molecular formula is C22H14ClFN2O3. The number of hydrogen-bond donors (Lipinski definition) is 2. The van der Waals surface area contributed by atoms with Crippen molar-refractivity contribution in [1.29, 1.82) is 0 Å². The molecule has 7 heteroatoms. The van der Waals surface area contributed by atoms with Gasteiger partial charge in [-0.2, -0.15) is 0 Å². The minimum absolute atomic E-state index is 0.00470. The van der Waals surface area contributed by atoms with Crippen LogP contribution in [0.1, 0.15) is 20.9 Å². The fourth-order valence-electron chi connectivity index (χ4n) is 2.89. The van der Waals surface area contributed by atoms with E-state index in [9.17, 15) is 14.0 Å². The maximum Gasteiger partial charge on any atom is 0.293 e. The molecular weight excluding hydrogens is 395 g/mol. The van der Waals surface area contributed by atoms with Gasteiger partial charge in [-0.15, -0.1) is 0 Å². The van der Waals surface area contributed by atoms with Crippen molar-refractivity contribution in [3.8, 4) is 0 Å². The highest BCUT2D eigenvalue weighted by Crippen LogP contribution is 2.32. The summed E-state index contributed by atoms with van der Waals surface area (Å²) in [6, 6.07) is 19.1. The Labute approximate surface area is 170 Å². The molecule has 0 spiro atoms. The summed E-state index contributed by atoms with van der Waals surface area (Å²) in [4.78, 5) is 25.5. The van der Waals surface area contributed by atoms with E-state index in [0.717, 1.165) is 0 Å². The van der Waals surface area contributed by atoms with Crippen LogP contribution in [-0.2, 0) is 0 Å². The molecule has 0 unspecified atom stereocenters. The summed E-state index contributed by atoms with van der Waals surface area (Å²) < 4.78 is 19.6. The minimum atomic E-state index is -0.687. The number of carbonyl (C=O) groups is 2. The lowest BCUT2D eigenvalue weighted by molar-refractivity contribution is 0.0999. The molecule has 0 radical (unpaired) electrons. The second-order valence-electron chi connectivity index (χ2n) is 6.20. The summed E-state index contributed by atoms with van der Waals surface area (Å²) in [5, 5.41) is 6.13. The third-order valence-electron chi connectivity index (χ3n) is 4.25. The third kappa shape index (κ3) is 3.83. The van der Waals surface area contributed by atoms with Crippen LogP contribution in [0.4, 0.5) is 15.8 Å². The first-order chi connectivity index (χ1) is 14.0. The number of halogens is 2. The summed E-state index contributed by atoms with van der Waals surface area (Å²) in [5.41, 5.74) is 0.931. The smallest absolute Gasteiger partial charge is 0.293 e. The zero-order valence-electron chi connectivity index (χ0n) is 14.9. The van der Waals surface area contributed by atoms with Crippen molar-refractivity contribution in [1.82, 2.24) is 0 Å². The molecule has 0 aliphatic carbocycles. The highest BCUT2D eigenvalue weighted by atomic mass is 35.5. The molecule has 1 aromatic heterocycles. The van der Waals surface area contributed by atoms with Crippen LogP contribution in [0.25, 0.3) is 11.0 Å². The Hall–Kier alpha value is -3.64. The Kier molecular flexibility index (Phi) is 5.01. The largest absolute Gasteiger partial charge is 0.449 e. The van der Waals surface area contributed by atoms with Gasteiger partial charge in [0, 0.05) is 16.0 Å². The molecule has 2 amide bonds. The molecule has 144 valence electrons. The lowest BCUT2D eigenvalue weighted by Gasteiger charge is -2.08. The molecule has 2 N–H and O–H groups in total. The van der Waals surface area contributed by atoms with E-state index in [-0.39, 0.29) is 17.1 Å². The zero-order chi connectivity index (χ0) is 20.4. The van der Waals surface area contributed by atoms with Crippen LogP contribution in [0.15, 0.2) is 77.2 Å². The molecule has 5 nitrogen and oxygen atoms in total. The molecule has 3 aromatic carbocycles. The molecule has 1 heterocycles. The normalized spacial score (nSPS) is 10.7. The fraction of sp³-hybridized carbons (Fsp3) is 0. The van der Waals surface area contributed by atoms with Crippen molar-refractivity contribution in [2.45, 2.75) is 0 Å². The van der Waals surface area contributed by atoms with Crippen molar-refractivity contribution in [3.05, 3.63) is 95.0 Å². The highest BCUT2D eigenvalue weighted by molar-refractivity contribution is 6.31. The number of fused-ring (bicyclic) bond motifs is 1. The van der Waals surface area contributed by atoms with Crippen LogP contribution >= 0.6 is 11.6 Å². The van der Waals surface area contributed by atoms with Crippen molar-refractivity contribution in [3.63, 3.8) is 0 Å². The topological polar surface area (TPSA) is 71.3 Å². The second-order valence-corrected chi connectivity index (χ2v) is 6.64. The third-order valence-corrected chi connectivity index (χ3v) is 4.48. The van der Waals surface area contributed by atoms with E-state index in [0.29, 0.717) is 21.6 Å². The van der Waals surface area contributed by atoms with Gasteiger partial charge in [-0.1, -0.05) is 41.9 Å². The molecule has 0 aliphatic heterocycles. The van der Waals surface area contributed by atoms with Gasteiger partial charge in [0.15, 0.2) is 0 Å². The first-order valence-electron chi connectivity index (χ1n) is 8.67. The van der Waals surface area contributed by atoms with Gasteiger partial charge in [-0.25, -0.2) is 4.39 Å². The van der Waals surface area contributed by atoms with E-state index in [1.807, 2.05) is 0 Å². The summed E-state index contributed by atoms with van der Waals surface area (Å²) in [7, 11) is 0. The molecule has 0 saturated heterocycles. The van der Waals surface area contributed by atoms with Crippen LogP contribution in [-0.4, -0.2) is 11.8 Å². The molecule has 0 saturated carbocycles. The Morgan fingerprint density at radius 2 is 1.62 bits per heavy atom. The number of anilines is 2. The number of para-hydroxylation sites is 2. The van der Waals surface area contributed by atoms with E-state index in [4.69, 9.17) is 16.0 Å². The standard InChI is InChI=1S/C22H14ClFN2O3/c23-14-7-5-6-13(12-14)21(27)26-19-15-8-1-4-11-18(15)29-20(19)22(28)25-17-10-3-2-9-16(17)24/h1-12H,(H,25,28)(H,26,27). The van der Waals surface area contributed by atoms with Crippen molar-refractivity contribution in [2.24, 2.45) is 0 Å². The van der Waals surface area contributed by atoms with Gasteiger partial charge < -0.3 is 15.1 Å². The maximum atomic E-state index is 13.9. The molecule has 29 heavy (non-hydrogen) atoms. The number of furan rings is 1. The average molecular weight is 409 g/mol. The van der Waals surface area contributed by atoms with Crippen LogP contribution in [0, 0.1) is 5.82 Å². The summed E-state index contributed by atoms with van der Waals surface area (Å²) in [5.74, 6) is -1.86. The summed E-state index contributed by atoms with van der Waals surface area (Å²) in [6.07, 6.45) is 0. The number of hydrogen-bond acceptors (Lipinski definition) is 3. The minimum Gasteiger partial charge on any atom is -0.449 e. The Morgan fingerprint density at radius 1 is 0.862 bits per heavy atom. The predicted octanol–water partition coefficient (Wildman–Crippen LogP) is 5.73. The monoisotopic (exact) mass is 408 g/mol. The Bertz CT molecular complexity index is 1240. The number of rotatable bonds is 4. The van der Waals surface area contributed by atoms with E-state index >= 15 is 0 Å². The molecule has 0 bridgehead atoms. The van der Waals surface area contributed by atoms with Gasteiger partial charge in [0.2, 0.25) is 5.76 Å². The van der Waals surface area contributed by atoms with Crippen molar-refractivity contribution >= 4 is 45.8 Å². The van der Waals surface area contributed by atoms with E-state index < -0.39 is 17.6 Å². The number of nitrogens with one attached hydrogen (secondary N) is 2. The first kappa shape index (κ1) is 18.7. The van der Waals surface area contributed by atoms with Gasteiger partial charge in [0.1, 0.15) is 17.1 Å². The van der Waals surface area contributed by atoms with E-state index in [1.165, 1.54) is 24.3 Å². The van der Waals surface area contributed by atoms with Crippen LogP contribution in [0.3, 0.4) is 0 Å². The van der Waals surface area contributed by atoms with Gasteiger partial charge in [-0.3, -0.25) is 9.59 Å². The van der Waals surface area contributed by atoms with E-state index in [2.05, 4.69) is 10.6 Å². The van der Waals surface area contributed by atoms with Crippen LogP contribution < -0.4 is 10.6 Å². The summed E-state index contributed by atoms with van der Waals surface area (Å²) in [6.45, 7) is 0. The van der Waals surface area contributed by atoms with E-state index in [1.54, 1.807) is 48.5 Å². The number of carbonyl (C=O) groups excluding carboxylic acids is 2. The van der Waals surface area contributed by atoms with Crippen LogP contribution in [0.5, 0.6) is 0 Å². The molecule has 0 aliphatic rings. The SMILES string of the molecule is O=C(Nc1c(C(=O)Nc2ccccc2F)oc2ccccc12)c1cccc(Cl)c1. The van der Waals surface area contributed by atoms with Crippen molar-refractivity contribution < 1.29 is 18.4 Å². The average Bonchev–Trinajstić information content (AvgIpc) is 3.08. The highest BCUT2D eigenvalue weighted by Gasteiger charge is 2.23. The summed E-state index contributed by atoms with van der Waals surface area (Å²) >= 11 is 5.95. The lowest BCUT2D eigenvalue weighted by Crippen LogP contribution is -2.17. The Balaban J connectivity index is 1.72. The zero-order valence-corrected chi connectivity index (χ0v) is 15.7. The van der Waals surface area contributed by atoms with Crippen LogP contribution in [0.2, 0.25) is 5.02 Å². The quantitative estimate of drug-likeness (QED) is 0.453. The maximum absolute atomic E-state index is 13.9. The van der Waals surface area contributed by atoms with Gasteiger partial charge >= 0.3 is 0 Å².